The molecule has 1 aromatic carbocycles. The molecule has 2 aromatic heterocycles. The van der Waals surface area contributed by atoms with E-state index in [1.165, 1.54) is 19.3 Å². The van der Waals surface area contributed by atoms with Crippen molar-refractivity contribution in [3.63, 3.8) is 0 Å². The Balaban J connectivity index is 1.72. The molecule has 1 aliphatic carbocycles. The van der Waals surface area contributed by atoms with Gasteiger partial charge in [-0.05, 0) is 50.1 Å². The van der Waals surface area contributed by atoms with Crippen LogP contribution in [0.3, 0.4) is 0 Å². The molecule has 2 heterocycles. The Morgan fingerprint density at radius 3 is 2.63 bits per heavy atom. The number of hydrogen-bond acceptors (Lipinski definition) is 5. The molecule has 1 saturated carbocycles. The quantitative estimate of drug-likeness (QED) is 0.502. The fourth-order valence-corrected chi connectivity index (χ4v) is 4.72. The average Bonchev–Trinajstić information content (AvgIpc) is 3.11. The van der Waals surface area contributed by atoms with Crippen LogP contribution in [0.2, 0.25) is 0 Å². The predicted molar refractivity (Wildman–Crippen MR) is 117 cm³/mol. The number of nitrogens with zero attached hydrogens (tertiary/aromatic N) is 3. The second-order valence-electron chi connectivity index (χ2n) is 7.95. The molecule has 1 atom stereocenters. The van der Waals surface area contributed by atoms with Crippen molar-refractivity contribution in [1.29, 1.82) is 0 Å². The first-order valence-corrected chi connectivity index (χ1v) is 11.3. The molecule has 1 fully saturated rings. The summed E-state index contributed by atoms with van der Waals surface area (Å²) in [6.45, 7) is 2.73. The zero-order valence-electron chi connectivity index (χ0n) is 16.9. The number of nitrogens with one attached hydrogen (secondary N) is 2. The molecule has 0 bridgehead atoms. The van der Waals surface area contributed by atoms with Gasteiger partial charge in [-0.25, -0.2) is 14.3 Å². The van der Waals surface area contributed by atoms with E-state index in [4.69, 9.17) is 10.1 Å². The molecule has 0 aliphatic heterocycles. The summed E-state index contributed by atoms with van der Waals surface area (Å²) < 4.78 is 13.7. The number of fused-ring (bicyclic) bond motifs is 1. The highest BCUT2D eigenvalue weighted by Crippen LogP contribution is 2.38. The highest BCUT2D eigenvalue weighted by atomic mass is 32.2. The molecule has 0 radical (unpaired) electrons. The molecule has 0 spiro atoms. The van der Waals surface area contributed by atoms with Crippen molar-refractivity contribution in [2.45, 2.75) is 56.0 Å². The van der Waals surface area contributed by atoms with Gasteiger partial charge >= 0.3 is 0 Å². The first-order valence-electron chi connectivity index (χ1n) is 10.1. The Labute approximate surface area is 177 Å². The standard InChI is InChI=1S/C21H26N6O2S/c1-21(9-3-2-4-10-21)27-17(13-23-14-28)11-15-12-24-20(26-19(15)27)25-16-5-7-18(8-6-16)30(22)29/h5-8,11-12,14H,2-4,9-10,13,22H2,1H3,(H,23,28)(H,24,25,26). The Kier molecular flexibility index (Phi) is 5.83. The van der Waals surface area contributed by atoms with Crippen molar-refractivity contribution >= 4 is 40.1 Å². The fourth-order valence-electron chi connectivity index (χ4n) is 4.32. The fraction of sp³-hybridized carbons (Fsp3) is 0.381. The second-order valence-corrected chi connectivity index (χ2v) is 9.01. The summed E-state index contributed by atoms with van der Waals surface area (Å²) in [4.78, 5) is 20.7. The van der Waals surface area contributed by atoms with E-state index in [1.807, 2.05) is 0 Å². The minimum absolute atomic E-state index is 0.0433. The highest BCUT2D eigenvalue weighted by Gasteiger charge is 2.32. The van der Waals surface area contributed by atoms with E-state index < -0.39 is 11.0 Å². The number of anilines is 2. The van der Waals surface area contributed by atoms with Gasteiger partial charge < -0.3 is 15.2 Å². The van der Waals surface area contributed by atoms with Gasteiger partial charge in [-0.15, -0.1) is 0 Å². The summed E-state index contributed by atoms with van der Waals surface area (Å²) in [6.07, 6.45) is 8.30. The maximum Gasteiger partial charge on any atom is 0.229 e. The Morgan fingerprint density at radius 2 is 1.97 bits per heavy atom. The molecule has 9 heteroatoms. The number of amides is 1. The maximum atomic E-state index is 11.4. The summed E-state index contributed by atoms with van der Waals surface area (Å²) in [7, 11) is -1.51. The molecule has 158 valence electrons. The van der Waals surface area contributed by atoms with E-state index in [0.29, 0.717) is 17.4 Å². The van der Waals surface area contributed by atoms with E-state index in [1.54, 1.807) is 30.5 Å². The van der Waals surface area contributed by atoms with Crippen molar-refractivity contribution < 1.29 is 9.00 Å². The maximum absolute atomic E-state index is 11.4. The van der Waals surface area contributed by atoms with Crippen LogP contribution in [0, 0.1) is 0 Å². The first-order chi connectivity index (χ1) is 14.5. The average molecular weight is 427 g/mol. The number of carbonyl (C=O) groups is 1. The van der Waals surface area contributed by atoms with Gasteiger partial charge in [0.2, 0.25) is 12.4 Å². The molecule has 4 N–H and O–H groups in total. The number of rotatable bonds is 7. The lowest BCUT2D eigenvalue weighted by Crippen LogP contribution is -2.34. The van der Waals surface area contributed by atoms with Crippen LogP contribution in [-0.4, -0.2) is 25.2 Å². The molecule has 0 saturated heterocycles. The molecule has 1 aliphatic rings. The van der Waals surface area contributed by atoms with E-state index >= 15 is 0 Å². The van der Waals surface area contributed by atoms with Crippen LogP contribution in [0.5, 0.6) is 0 Å². The van der Waals surface area contributed by atoms with Gasteiger partial charge in [0.25, 0.3) is 0 Å². The number of carbonyl (C=O) groups excluding carboxylic acids is 1. The lowest BCUT2D eigenvalue weighted by Gasteiger charge is -2.37. The summed E-state index contributed by atoms with van der Waals surface area (Å²) in [5.74, 6) is 0.484. The molecule has 8 nitrogen and oxygen atoms in total. The molecular weight excluding hydrogens is 400 g/mol. The van der Waals surface area contributed by atoms with E-state index in [2.05, 4.69) is 33.2 Å². The highest BCUT2D eigenvalue weighted by molar-refractivity contribution is 7.82. The minimum Gasteiger partial charge on any atom is -0.353 e. The molecule has 4 rings (SSSR count). The molecule has 1 amide bonds. The summed E-state index contributed by atoms with van der Waals surface area (Å²) in [6, 6.07) is 9.09. The number of benzene rings is 1. The lowest BCUT2D eigenvalue weighted by atomic mass is 9.83. The smallest absolute Gasteiger partial charge is 0.229 e. The minimum atomic E-state index is -1.51. The van der Waals surface area contributed by atoms with Gasteiger partial charge in [0.05, 0.1) is 11.4 Å². The van der Waals surface area contributed by atoms with E-state index in [0.717, 1.165) is 41.7 Å². The van der Waals surface area contributed by atoms with Crippen LogP contribution >= 0.6 is 0 Å². The van der Waals surface area contributed by atoms with Crippen molar-refractivity contribution in [3.8, 4) is 0 Å². The Bertz CT molecular complexity index is 1070. The first kappa shape index (κ1) is 20.5. The SMILES string of the molecule is CC1(n2c(CNC=O)cc3cnc(Nc4ccc(S(N)=O)cc4)nc32)CCCCC1. The van der Waals surface area contributed by atoms with Crippen LogP contribution in [-0.2, 0) is 27.9 Å². The molecule has 1 unspecified atom stereocenters. The predicted octanol–water partition coefficient (Wildman–Crippen LogP) is 3.08. The zero-order chi connectivity index (χ0) is 21.1. The van der Waals surface area contributed by atoms with Crippen molar-refractivity contribution in [2.75, 3.05) is 5.32 Å². The van der Waals surface area contributed by atoms with Gasteiger partial charge in [-0.1, -0.05) is 19.3 Å². The number of hydrogen-bond donors (Lipinski definition) is 3. The Hall–Kier alpha value is -2.78. The van der Waals surface area contributed by atoms with Crippen molar-refractivity contribution in [3.05, 3.63) is 42.2 Å². The Morgan fingerprint density at radius 1 is 1.23 bits per heavy atom. The molecule has 3 aromatic rings. The van der Waals surface area contributed by atoms with Gasteiger partial charge in [0.1, 0.15) is 16.6 Å². The van der Waals surface area contributed by atoms with Crippen LogP contribution < -0.4 is 15.8 Å². The topological polar surface area (TPSA) is 115 Å². The van der Waals surface area contributed by atoms with Crippen LogP contribution in [0.4, 0.5) is 11.6 Å². The summed E-state index contributed by atoms with van der Waals surface area (Å²) in [5.41, 5.74) is 2.63. The summed E-state index contributed by atoms with van der Waals surface area (Å²) in [5, 5.41) is 12.4. The number of aromatic nitrogens is 3. The normalized spacial score (nSPS) is 16.9. The molecular formula is C21H26N6O2S. The van der Waals surface area contributed by atoms with Gasteiger partial charge in [-0.2, -0.15) is 4.98 Å². The number of nitrogens with two attached hydrogens (primary N) is 1. The van der Waals surface area contributed by atoms with Crippen LogP contribution in [0.25, 0.3) is 11.0 Å². The van der Waals surface area contributed by atoms with E-state index in [9.17, 15) is 9.00 Å². The lowest BCUT2D eigenvalue weighted by molar-refractivity contribution is -0.109. The van der Waals surface area contributed by atoms with Crippen LogP contribution in [0.1, 0.15) is 44.7 Å². The summed E-state index contributed by atoms with van der Waals surface area (Å²) >= 11 is 0. The van der Waals surface area contributed by atoms with Crippen molar-refractivity contribution in [1.82, 2.24) is 19.9 Å². The third-order valence-corrected chi connectivity index (χ3v) is 6.53. The zero-order valence-corrected chi connectivity index (χ0v) is 17.7. The third kappa shape index (κ3) is 4.08. The van der Waals surface area contributed by atoms with Crippen LogP contribution in [0.15, 0.2) is 41.4 Å². The van der Waals surface area contributed by atoms with Gasteiger partial charge in [0, 0.05) is 28.5 Å². The van der Waals surface area contributed by atoms with Gasteiger partial charge in [0.15, 0.2) is 0 Å². The monoisotopic (exact) mass is 426 g/mol. The van der Waals surface area contributed by atoms with Crippen molar-refractivity contribution in [2.24, 2.45) is 5.14 Å². The molecule has 30 heavy (non-hydrogen) atoms. The third-order valence-electron chi connectivity index (χ3n) is 5.80. The largest absolute Gasteiger partial charge is 0.353 e. The van der Waals surface area contributed by atoms with Gasteiger partial charge in [-0.3, -0.25) is 4.79 Å². The second kappa shape index (κ2) is 8.53. The van der Waals surface area contributed by atoms with E-state index in [-0.39, 0.29) is 5.54 Å².